The maximum atomic E-state index is 12.6. The molecule has 0 amide bonds. The molecule has 162 valence electrons. The largest absolute Gasteiger partial charge is 0.480 e. The van der Waals surface area contributed by atoms with Gasteiger partial charge in [0.25, 0.3) is 0 Å². The van der Waals surface area contributed by atoms with Crippen molar-refractivity contribution >= 4 is 11.9 Å². The highest BCUT2D eigenvalue weighted by Gasteiger charge is 2.27. The first-order chi connectivity index (χ1) is 14.0. The van der Waals surface area contributed by atoms with E-state index in [1.807, 2.05) is 30.0 Å². The summed E-state index contributed by atoms with van der Waals surface area (Å²) in [5.41, 5.74) is 1.19. The maximum Gasteiger partial charge on any atom is 0.323 e. The van der Waals surface area contributed by atoms with Gasteiger partial charge < -0.3 is 15.2 Å². The highest BCUT2D eigenvalue weighted by atomic mass is 16.5. The van der Waals surface area contributed by atoms with E-state index in [9.17, 15) is 14.7 Å². The van der Waals surface area contributed by atoms with Crippen LogP contribution in [0.3, 0.4) is 0 Å². The number of carboxylic acid groups (broad SMARTS) is 1. The van der Waals surface area contributed by atoms with Crippen LogP contribution in [0.15, 0.2) is 30.3 Å². The van der Waals surface area contributed by atoms with Crippen LogP contribution in [0.4, 0.5) is 0 Å². The molecule has 6 nitrogen and oxygen atoms in total. The lowest BCUT2D eigenvalue weighted by molar-refractivity contribution is -0.146. The van der Waals surface area contributed by atoms with Crippen LogP contribution in [0.1, 0.15) is 57.9 Å². The van der Waals surface area contributed by atoms with Crippen LogP contribution < -0.4 is 5.32 Å². The molecule has 2 rings (SSSR count). The second-order valence-electron chi connectivity index (χ2n) is 8.00. The molecule has 3 unspecified atom stereocenters. The zero-order valence-electron chi connectivity index (χ0n) is 17.8. The summed E-state index contributed by atoms with van der Waals surface area (Å²) >= 11 is 0. The van der Waals surface area contributed by atoms with Crippen LogP contribution in [0.25, 0.3) is 0 Å². The summed E-state index contributed by atoms with van der Waals surface area (Å²) < 4.78 is 5.32. The van der Waals surface area contributed by atoms with Crippen LogP contribution in [-0.2, 0) is 20.7 Å². The summed E-state index contributed by atoms with van der Waals surface area (Å²) in [5.74, 6) is -1.03. The number of aliphatic carboxylic acids is 1. The Bertz CT molecular complexity index is 623. The molecule has 0 bridgehead atoms. The van der Waals surface area contributed by atoms with Gasteiger partial charge in [0.2, 0.25) is 0 Å². The molecule has 1 aliphatic heterocycles. The van der Waals surface area contributed by atoms with E-state index in [4.69, 9.17) is 4.74 Å². The number of carbonyl (C=O) groups is 2. The first kappa shape index (κ1) is 23.4. The van der Waals surface area contributed by atoms with Gasteiger partial charge >= 0.3 is 11.9 Å². The minimum atomic E-state index is -0.805. The van der Waals surface area contributed by atoms with Gasteiger partial charge in [0.05, 0.1) is 13.2 Å². The van der Waals surface area contributed by atoms with Gasteiger partial charge in [0, 0.05) is 18.6 Å². The Kier molecular flexibility index (Phi) is 10.2. The number of esters is 1. The van der Waals surface area contributed by atoms with Gasteiger partial charge in [-0.2, -0.15) is 0 Å². The van der Waals surface area contributed by atoms with Crippen molar-refractivity contribution < 1.29 is 19.4 Å². The van der Waals surface area contributed by atoms with Gasteiger partial charge in [-0.1, -0.05) is 49.6 Å². The molecule has 3 atom stereocenters. The fraction of sp³-hybridized carbons (Fsp3) is 0.652. The Morgan fingerprint density at radius 2 is 1.93 bits per heavy atom. The van der Waals surface area contributed by atoms with E-state index < -0.39 is 5.97 Å². The van der Waals surface area contributed by atoms with Crippen molar-refractivity contribution in [2.24, 2.45) is 0 Å². The summed E-state index contributed by atoms with van der Waals surface area (Å²) in [5, 5.41) is 12.8. The normalized spacial score (nSPS) is 22.1. The van der Waals surface area contributed by atoms with Gasteiger partial charge in [-0.25, -0.2) is 0 Å². The molecule has 2 N–H and O–H groups in total. The Morgan fingerprint density at radius 1 is 1.21 bits per heavy atom. The smallest absolute Gasteiger partial charge is 0.323 e. The SMILES string of the molecule is CCOC(=O)C(CCc1ccccc1)NC1CCCCCC(C)N(CC(=O)O)C1. The number of ether oxygens (including phenoxy) is 1. The van der Waals surface area contributed by atoms with Crippen molar-refractivity contribution in [1.29, 1.82) is 0 Å². The van der Waals surface area contributed by atoms with Gasteiger partial charge in [0.1, 0.15) is 6.04 Å². The van der Waals surface area contributed by atoms with Crippen molar-refractivity contribution in [1.82, 2.24) is 10.2 Å². The van der Waals surface area contributed by atoms with Crippen molar-refractivity contribution in [3.8, 4) is 0 Å². The van der Waals surface area contributed by atoms with E-state index in [0.717, 1.165) is 38.5 Å². The second kappa shape index (κ2) is 12.6. The van der Waals surface area contributed by atoms with E-state index in [1.165, 1.54) is 5.56 Å². The molecule has 6 heteroatoms. The van der Waals surface area contributed by atoms with Crippen LogP contribution >= 0.6 is 0 Å². The van der Waals surface area contributed by atoms with E-state index in [2.05, 4.69) is 24.4 Å². The van der Waals surface area contributed by atoms with Crippen molar-refractivity contribution in [2.45, 2.75) is 76.9 Å². The quantitative estimate of drug-likeness (QED) is 0.615. The van der Waals surface area contributed by atoms with Crippen LogP contribution in [0, 0.1) is 0 Å². The first-order valence-corrected chi connectivity index (χ1v) is 10.9. The van der Waals surface area contributed by atoms with E-state index in [1.54, 1.807) is 0 Å². The first-order valence-electron chi connectivity index (χ1n) is 10.9. The fourth-order valence-corrected chi connectivity index (χ4v) is 4.03. The topological polar surface area (TPSA) is 78.9 Å². The van der Waals surface area contributed by atoms with Gasteiger partial charge in [-0.15, -0.1) is 0 Å². The summed E-state index contributed by atoms with van der Waals surface area (Å²) in [6.07, 6.45) is 6.73. The standard InChI is InChI=1S/C23H36N2O4/c1-3-29-23(28)21(15-14-19-11-7-5-8-12-19)24-20-13-9-4-6-10-18(2)25(16-20)17-22(26)27/h5,7-8,11-12,18,20-21,24H,3-4,6,9-10,13-17H2,1-2H3,(H,26,27). The molecular formula is C23H36N2O4. The molecule has 0 aliphatic carbocycles. The third-order valence-electron chi connectivity index (χ3n) is 5.66. The van der Waals surface area contributed by atoms with Gasteiger partial charge in [-0.3, -0.25) is 14.5 Å². The monoisotopic (exact) mass is 404 g/mol. The minimum Gasteiger partial charge on any atom is -0.480 e. The average molecular weight is 405 g/mol. The third kappa shape index (κ3) is 8.54. The molecule has 0 radical (unpaired) electrons. The number of nitrogens with one attached hydrogen (secondary N) is 1. The minimum absolute atomic E-state index is 0.0352. The molecular weight excluding hydrogens is 368 g/mol. The molecule has 0 spiro atoms. The lowest BCUT2D eigenvalue weighted by atomic mass is 10.0. The maximum absolute atomic E-state index is 12.6. The Labute approximate surface area is 174 Å². The second-order valence-corrected chi connectivity index (χ2v) is 8.00. The Balaban J connectivity index is 2.07. The van der Waals surface area contributed by atoms with E-state index in [-0.39, 0.29) is 30.6 Å². The van der Waals surface area contributed by atoms with E-state index in [0.29, 0.717) is 19.6 Å². The lowest BCUT2D eigenvalue weighted by Crippen LogP contribution is -2.51. The van der Waals surface area contributed by atoms with Crippen molar-refractivity contribution in [3.05, 3.63) is 35.9 Å². The molecule has 0 saturated carbocycles. The summed E-state index contributed by atoms with van der Waals surface area (Å²) in [7, 11) is 0. The number of hydrogen-bond donors (Lipinski definition) is 2. The highest BCUT2D eigenvalue weighted by Crippen LogP contribution is 2.18. The van der Waals surface area contributed by atoms with Gasteiger partial charge in [0.15, 0.2) is 0 Å². The molecule has 1 aromatic rings. The zero-order chi connectivity index (χ0) is 21.1. The van der Waals surface area contributed by atoms with Gasteiger partial charge in [-0.05, 0) is 45.1 Å². The van der Waals surface area contributed by atoms with Crippen LogP contribution in [0.5, 0.6) is 0 Å². The number of nitrogens with zero attached hydrogens (tertiary/aromatic N) is 1. The predicted molar refractivity (Wildman–Crippen MR) is 114 cm³/mol. The Morgan fingerprint density at radius 3 is 2.62 bits per heavy atom. The molecule has 29 heavy (non-hydrogen) atoms. The number of hydrogen-bond acceptors (Lipinski definition) is 5. The molecule has 1 aromatic carbocycles. The number of aryl methyl sites for hydroxylation is 1. The van der Waals surface area contributed by atoms with Crippen molar-refractivity contribution in [3.63, 3.8) is 0 Å². The molecule has 1 fully saturated rings. The molecule has 1 saturated heterocycles. The number of carboxylic acids is 1. The lowest BCUT2D eigenvalue weighted by Gasteiger charge is -2.32. The molecule has 0 aromatic heterocycles. The number of benzene rings is 1. The zero-order valence-corrected chi connectivity index (χ0v) is 17.8. The van der Waals surface area contributed by atoms with Crippen LogP contribution in [-0.4, -0.2) is 59.8 Å². The number of rotatable bonds is 9. The highest BCUT2D eigenvalue weighted by molar-refractivity contribution is 5.75. The summed E-state index contributed by atoms with van der Waals surface area (Å²) in [6, 6.07) is 10.0. The van der Waals surface area contributed by atoms with Crippen molar-refractivity contribution in [2.75, 3.05) is 19.7 Å². The summed E-state index contributed by atoms with van der Waals surface area (Å²) in [6.45, 7) is 4.95. The fourth-order valence-electron chi connectivity index (χ4n) is 4.03. The molecule has 1 heterocycles. The third-order valence-corrected chi connectivity index (χ3v) is 5.66. The molecule has 1 aliphatic rings. The average Bonchev–Trinajstić information content (AvgIpc) is 2.77. The number of carbonyl (C=O) groups excluding carboxylic acids is 1. The summed E-state index contributed by atoms with van der Waals surface area (Å²) in [4.78, 5) is 26.0. The van der Waals surface area contributed by atoms with E-state index >= 15 is 0 Å². The van der Waals surface area contributed by atoms with Crippen LogP contribution in [0.2, 0.25) is 0 Å². The Hall–Kier alpha value is -1.92. The predicted octanol–water partition coefficient (Wildman–Crippen LogP) is 3.25.